The Labute approximate surface area is 182 Å². The van der Waals surface area contributed by atoms with E-state index >= 15 is 0 Å². The third kappa shape index (κ3) is 8.11. The van der Waals surface area contributed by atoms with Gasteiger partial charge < -0.3 is 10.1 Å². The van der Waals surface area contributed by atoms with E-state index in [9.17, 15) is 4.79 Å². The highest BCUT2D eigenvalue weighted by atomic mass is 16.5. The summed E-state index contributed by atoms with van der Waals surface area (Å²) in [5, 5.41) is 3.10. The molecule has 5 nitrogen and oxygen atoms in total. The lowest BCUT2D eigenvalue weighted by atomic mass is 9.97. The second-order valence-corrected chi connectivity index (χ2v) is 8.61. The number of piperazine rings is 1. The van der Waals surface area contributed by atoms with Gasteiger partial charge in [0.1, 0.15) is 5.75 Å². The summed E-state index contributed by atoms with van der Waals surface area (Å²) in [7, 11) is 0. The third-order valence-corrected chi connectivity index (χ3v) is 6.08. The summed E-state index contributed by atoms with van der Waals surface area (Å²) in [6.45, 7) is 9.17. The summed E-state index contributed by atoms with van der Waals surface area (Å²) in [5.41, 5.74) is 2.84. The van der Waals surface area contributed by atoms with Crippen molar-refractivity contribution in [1.29, 1.82) is 0 Å². The van der Waals surface area contributed by atoms with Gasteiger partial charge in [-0.3, -0.25) is 14.6 Å². The molecule has 0 aromatic heterocycles. The standard InChI is InChI=1S/C25H39N3O2/c1-2-3-19-30-24-11-9-23(10-12-24)20-27-15-17-28(18-16-27)21-25(29)26-14-13-22-7-5-4-6-8-22/h7,9-12H,2-6,8,13-21H2,1H3,(H,26,29). The molecule has 2 aliphatic rings. The number of nitrogens with zero attached hydrogens (tertiary/aromatic N) is 2. The number of hydrogen-bond acceptors (Lipinski definition) is 4. The molecular weight excluding hydrogens is 374 g/mol. The van der Waals surface area contributed by atoms with E-state index < -0.39 is 0 Å². The van der Waals surface area contributed by atoms with E-state index in [2.05, 4.69) is 52.4 Å². The van der Waals surface area contributed by atoms with Crippen molar-refractivity contribution >= 4 is 5.91 Å². The first-order valence-corrected chi connectivity index (χ1v) is 11.8. The molecule has 1 heterocycles. The highest BCUT2D eigenvalue weighted by molar-refractivity contribution is 5.78. The van der Waals surface area contributed by atoms with Crippen molar-refractivity contribution in [2.24, 2.45) is 0 Å². The van der Waals surface area contributed by atoms with Crippen molar-refractivity contribution in [2.45, 2.75) is 58.4 Å². The van der Waals surface area contributed by atoms with Gasteiger partial charge in [-0.25, -0.2) is 0 Å². The molecule has 166 valence electrons. The maximum absolute atomic E-state index is 12.3. The van der Waals surface area contributed by atoms with E-state index in [-0.39, 0.29) is 5.91 Å². The van der Waals surface area contributed by atoms with Gasteiger partial charge in [0.2, 0.25) is 5.91 Å². The number of unbranched alkanes of at least 4 members (excludes halogenated alkanes) is 1. The summed E-state index contributed by atoms with van der Waals surface area (Å²) >= 11 is 0. The Bertz CT molecular complexity index is 663. The van der Waals surface area contributed by atoms with Gasteiger partial charge in [0.05, 0.1) is 13.2 Å². The molecular formula is C25H39N3O2. The number of hydrogen-bond donors (Lipinski definition) is 1. The molecule has 1 aliphatic heterocycles. The molecule has 5 heteroatoms. The Hall–Kier alpha value is -1.85. The molecule has 1 aliphatic carbocycles. The average molecular weight is 414 g/mol. The number of carbonyl (C=O) groups excluding carboxylic acids is 1. The number of ether oxygens (including phenoxy) is 1. The minimum absolute atomic E-state index is 0.165. The molecule has 0 bridgehead atoms. The molecule has 1 aromatic carbocycles. The molecule has 0 radical (unpaired) electrons. The van der Waals surface area contributed by atoms with Crippen LogP contribution in [0, 0.1) is 0 Å². The van der Waals surface area contributed by atoms with Crippen molar-refractivity contribution < 1.29 is 9.53 Å². The van der Waals surface area contributed by atoms with Gasteiger partial charge in [0.15, 0.2) is 0 Å². The van der Waals surface area contributed by atoms with Crippen LogP contribution in [0.3, 0.4) is 0 Å². The van der Waals surface area contributed by atoms with Crippen LogP contribution < -0.4 is 10.1 Å². The molecule has 3 rings (SSSR count). The lowest BCUT2D eigenvalue weighted by Gasteiger charge is -2.34. The quantitative estimate of drug-likeness (QED) is 0.440. The van der Waals surface area contributed by atoms with Crippen LogP contribution in [0.2, 0.25) is 0 Å². The summed E-state index contributed by atoms with van der Waals surface area (Å²) in [6, 6.07) is 8.50. The monoisotopic (exact) mass is 413 g/mol. The van der Waals surface area contributed by atoms with Gasteiger partial charge in [-0.05, 0) is 56.2 Å². The number of nitrogens with one attached hydrogen (secondary N) is 1. The molecule has 0 spiro atoms. The smallest absolute Gasteiger partial charge is 0.234 e. The number of amides is 1. The average Bonchev–Trinajstić information content (AvgIpc) is 2.77. The molecule has 30 heavy (non-hydrogen) atoms. The molecule has 0 saturated carbocycles. The molecule has 0 atom stereocenters. The van der Waals surface area contributed by atoms with Crippen LogP contribution in [-0.2, 0) is 11.3 Å². The Morgan fingerprint density at radius 1 is 1.07 bits per heavy atom. The third-order valence-electron chi connectivity index (χ3n) is 6.08. The Morgan fingerprint density at radius 2 is 1.83 bits per heavy atom. The highest BCUT2D eigenvalue weighted by Crippen LogP contribution is 2.19. The fourth-order valence-corrected chi connectivity index (χ4v) is 4.14. The number of carbonyl (C=O) groups is 1. The fraction of sp³-hybridized carbons (Fsp3) is 0.640. The van der Waals surface area contributed by atoms with Crippen LogP contribution in [0.1, 0.15) is 57.4 Å². The van der Waals surface area contributed by atoms with Crippen LogP contribution >= 0.6 is 0 Å². The lowest BCUT2D eigenvalue weighted by molar-refractivity contribution is -0.122. The fourth-order valence-electron chi connectivity index (χ4n) is 4.14. The van der Waals surface area contributed by atoms with Crippen molar-refractivity contribution in [3.05, 3.63) is 41.5 Å². The predicted molar refractivity (Wildman–Crippen MR) is 123 cm³/mol. The number of rotatable bonds is 11. The summed E-state index contributed by atoms with van der Waals surface area (Å²) in [6.07, 6.45) is 10.7. The van der Waals surface area contributed by atoms with E-state index in [1.165, 1.54) is 36.8 Å². The number of benzene rings is 1. The van der Waals surface area contributed by atoms with Crippen LogP contribution in [0.4, 0.5) is 0 Å². The van der Waals surface area contributed by atoms with Gasteiger partial charge in [-0.1, -0.05) is 37.1 Å². The van der Waals surface area contributed by atoms with E-state index in [4.69, 9.17) is 4.74 Å². The Morgan fingerprint density at radius 3 is 2.53 bits per heavy atom. The minimum atomic E-state index is 0.165. The Balaban J connectivity index is 1.29. The molecule has 1 N–H and O–H groups in total. The zero-order valence-corrected chi connectivity index (χ0v) is 18.7. The van der Waals surface area contributed by atoms with Crippen LogP contribution in [-0.4, -0.2) is 61.6 Å². The second kappa shape index (κ2) is 12.8. The van der Waals surface area contributed by atoms with Gasteiger partial charge >= 0.3 is 0 Å². The van der Waals surface area contributed by atoms with E-state index in [0.29, 0.717) is 6.54 Å². The van der Waals surface area contributed by atoms with E-state index in [1.807, 2.05) is 0 Å². The highest BCUT2D eigenvalue weighted by Gasteiger charge is 2.19. The normalized spacial score (nSPS) is 18.1. The van der Waals surface area contributed by atoms with Crippen LogP contribution in [0.25, 0.3) is 0 Å². The van der Waals surface area contributed by atoms with E-state index in [1.54, 1.807) is 0 Å². The molecule has 1 aromatic rings. The Kier molecular flexibility index (Phi) is 9.71. The first-order valence-electron chi connectivity index (χ1n) is 11.8. The minimum Gasteiger partial charge on any atom is -0.494 e. The molecule has 1 saturated heterocycles. The van der Waals surface area contributed by atoms with Crippen LogP contribution in [0.5, 0.6) is 5.75 Å². The summed E-state index contributed by atoms with van der Waals surface area (Å²) in [4.78, 5) is 17.0. The predicted octanol–water partition coefficient (Wildman–Crippen LogP) is 3.99. The number of allylic oxidation sites excluding steroid dienone is 1. The van der Waals surface area contributed by atoms with Gasteiger partial charge in [0, 0.05) is 39.3 Å². The van der Waals surface area contributed by atoms with Gasteiger partial charge in [0.25, 0.3) is 0 Å². The first kappa shape index (κ1) is 22.8. The first-order chi connectivity index (χ1) is 14.7. The van der Waals surface area contributed by atoms with Gasteiger partial charge in [-0.15, -0.1) is 0 Å². The second-order valence-electron chi connectivity index (χ2n) is 8.61. The van der Waals surface area contributed by atoms with E-state index in [0.717, 1.165) is 70.9 Å². The van der Waals surface area contributed by atoms with Crippen molar-refractivity contribution in [3.8, 4) is 5.75 Å². The largest absolute Gasteiger partial charge is 0.494 e. The van der Waals surface area contributed by atoms with Gasteiger partial charge in [-0.2, -0.15) is 0 Å². The topological polar surface area (TPSA) is 44.8 Å². The SMILES string of the molecule is CCCCOc1ccc(CN2CCN(CC(=O)NCCC3=CCCCC3)CC2)cc1. The molecule has 1 fully saturated rings. The van der Waals surface area contributed by atoms with Crippen molar-refractivity contribution in [3.63, 3.8) is 0 Å². The zero-order chi connectivity index (χ0) is 21.0. The van der Waals surface area contributed by atoms with Crippen molar-refractivity contribution in [2.75, 3.05) is 45.9 Å². The lowest BCUT2D eigenvalue weighted by Crippen LogP contribution is -2.49. The zero-order valence-electron chi connectivity index (χ0n) is 18.7. The maximum Gasteiger partial charge on any atom is 0.234 e. The maximum atomic E-state index is 12.3. The van der Waals surface area contributed by atoms with Crippen LogP contribution in [0.15, 0.2) is 35.9 Å². The molecule has 0 unspecified atom stereocenters. The summed E-state index contributed by atoms with van der Waals surface area (Å²) < 4.78 is 5.74. The molecule has 1 amide bonds. The van der Waals surface area contributed by atoms with Crippen molar-refractivity contribution in [1.82, 2.24) is 15.1 Å². The summed E-state index contributed by atoms with van der Waals surface area (Å²) in [5.74, 6) is 1.13.